The first-order valence-electron chi connectivity index (χ1n) is 10.4. The van der Waals surface area contributed by atoms with E-state index in [0.717, 1.165) is 37.2 Å². The summed E-state index contributed by atoms with van der Waals surface area (Å²) in [6.07, 6.45) is 6.93. The monoisotopic (exact) mass is 363 g/mol. The molecule has 27 heavy (non-hydrogen) atoms. The number of unbranched alkanes of at least 4 members (excludes halogenated alkanes) is 3. The second-order valence-electron chi connectivity index (χ2n) is 7.49. The average molecular weight is 364 g/mol. The lowest BCUT2D eigenvalue weighted by atomic mass is 9.89. The number of hydrogen-bond acceptors (Lipinski definition) is 2. The van der Waals surface area contributed by atoms with Crippen molar-refractivity contribution in [2.24, 2.45) is 5.92 Å². The number of benzene rings is 2. The highest BCUT2D eigenvalue weighted by atomic mass is 16.5. The van der Waals surface area contributed by atoms with Gasteiger partial charge in [0.15, 0.2) is 0 Å². The van der Waals surface area contributed by atoms with Crippen molar-refractivity contribution >= 4 is 0 Å². The Hall–Kier alpha value is -2.27. The summed E-state index contributed by atoms with van der Waals surface area (Å²) in [6.45, 7) is 7.41. The standard InChI is InChI=1S/C25H33NO/c1-4-6-7-8-17-27-25-15-13-22(14-16-25)21-9-11-23(12-10-21)24(19-26)18-20(3)5-2/h9-16,20,24H,4-8,17-18H2,1-3H3. The first kappa shape index (κ1) is 21.0. The number of nitrogens with zero attached hydrogens (tertiary/aromatic N) is 1. The van der Waals surface area contributed by atoms with Gasteiger partial charge in [-0.1, -0.05) is 82.9 Å². The molecule has 0 aliphatic rings. The maximum atomic E-state index is 9.50. The molecule has 0 amide bonds. The van der Waals surface area contributed by atoms with Gasteiger partial charge in [-0.2, -0.15) is 5.26 Å². The Bertz CT molecular complexity index is 697. The Morgan fingerprint density at radius 2 is 1.52 bits per heavy atom. The Balaban J connectivity index is 1.95. The molecule has 0 aliphatic carbocycles. The Morgan fingerprint density at radius 1 is 0.889 bits per heavy atom. The van der Waals surface area contributed by atoms with Gasteiger partial charge in [-0.05, 0) is 47.6 Å². The summed E-state index contributed by atoms with van der Waals surface area (Å²) in [6, 6.07) is 19.2. The van der Waals surface area contributed by atoms with Crippen LogP contribution >= 0.6 is 0 Å². The first-order valence-corrected chi connectivity index (χ1v) is 10.4. The van der Waals surface area contributed by atoms with E-state index in [0.29, 0.717) is 5.92 Å². The van der Waals surface area contributed by atoms with Crippen LogP contribution < -0.4 is 4.74 Å². The van der Waals surface area contributed by atoms with Crippen molar-refractivity contribution in [2.75, 3.05) is 6.61 Å². The molecule has 2 rings (SSSR count). The van der Waals surface area contributed by atoms with E-state index in [-0.39, 0.29) is 5.92 Å². The van der Waals surface area contributed by atoms with Crippen LogP contribution in [0.5, 0.6) is 5.75 Å². The quantitative estimate of drug-likeness (QED) is 0.391. The molecular formula is C25H33NO. The van der Waals surface area contributed by atoms with Gasteiger partial charge in [-0.15, -0.1) is 0 Å². The predicted octanol–water partition coefficient (Wildman–Crippen LogP) is 7.36. The van der Waals surface area contributed by atoms with Crippen LogP contribution in [0.4, 0.5) is 0 Å². The molecule has 2 aromatic rings. The fraction of sp³-hybridized carbons (Fsp3) is 0.480. The molecule has 0 radical (unpaired) electrons. The third-order valence-corrected chi connectivity index (χ3v) is 5.26. The Labute approximate surface area is 165 Å². The molecule has 2 nitrogen and oxygen atoms in total. The minimum atomic E-state index is -0.0162. The molecule has 144 valence electrons. The normalized spacial score (nSPS) is 13.0. The van der Waals surface area contributed by atoms with Crippen molar-refractivity contribution in [1.29, 1.82) is 5.26 Å². The molecule has 0 fully saturated rings. The molecule has 0 saturated heterocycles. The molecule has 0 heterocycles. The molecule has 2 heteroatoms. The second-order valence-corrected chi connectivity index (χ2v) is 7.49. The van der Waals surface area contributed by atoms with E-state index in [9.17, 15) is 5.26 Å². The molecular weight excluding hydrogens is 330 g/mol. The zero-order valence-electron chi connectivity index (χ0n) is 17.1. The van der Waals surface area contributed by atoms with Crippen molar-refractivity contribution in [3.05, 3.63) is 54.1 Å². The molecule has 0 saturated carbocycles. The molecule has 2 unspecified atom stereocenters. The van der Waals surface area contributed by atoms with E-state index in [2.05, 4.69) is 63.2 Å². The highest BCUT2D eigenvalue weighted by molar-refractivity contribution is 5.64. The van der Waals surface area contributed by atoms with E-state index >= 15 is 0 Å². The van der Waals surface area contributed by atoms with E-state index in [1.54, 1.807) is 0 Å². The molecule has 0 N–H and O–H groups in total. The van der Waals surface area contributed by atoms with Crippen LogP contribution in [0.2, 0.25) is 0 Å². The number of hydrogen-bond donors (Lipinski definition) is 0. The SMILES string of the molecule is CCCCCCOc1ccc(-c2ccc(C(C#N)CC(C)CC)cc2)cc1. The molecule has 0 aromatic heterocycles. The van der Waals surface area contributed by atoms with Crippen molar-refractivity contribution in [3.63, 3.8) is 0 Å². The van der Waals surface area contributed by atoms with Gasteiger partial charge in [0, 0.05) is 0 Å². The summed E-state index contributed by atoms with van der Waals surface area (Å²) in [4.78, 5) is 0. The van der Waals surface area contributed by atoms with Gasteiger partial charge in [0.1, 0.15) is 5.75 Å². The minimum Gasteiger partial charge on any atom is -0.494 e. The van der Waals surface area contributed by atoms with Crippen LogP contribution in [-0.4, -0.2) is 6.61 Å². The van der Waals surface area contributed by atoms with Gasteiger partial charge in [0.05, 0.1) is 18.6 Å². The fourth-order valence-corrected chi connectivity index (χ4v) is 3.20. The summed E-state index contributed by atoms with van der Waals surface area (Å²) in [5.41, 5.74) is 3.47. The van der Waals surface area contributed by atoms with Crippen LogP contribution in [0, 0.1) is 17.2 Å². The lowest BCUT2D eigenvalue weighted by Gasteiger charge is -2.14. The fourth-order valence-electron chi connectivity index (χ4n) is 3.20. The van der Waals surface area contributed by atoms with Gasteiger partial charge >= 0.3 is 0 Å². The first-order chi connectivity index (χ1) is 13.2. The topological polar surface area (TPSA) is 33.0 Å². The summed E-state index contributed by atoms with van der Waals surface area (Å²) in [5, 5.41) is 9.50. The summed E-state index contributed by atoms with van der Waals surface area (Å²) in [7, 11) is 0. The number of ether oxygens (including phenoxy) is 1. The van der Waals surface area contributed by atoms with Crippen LogP contribution in [0.1, 0.15) is 70.8 Å². The summed E-state index contributed by atoms with van der Waals surface area (Å²) < 4.78 is 5.82. The average Bonchev–Trinajstić information content (AvgIpc) is 2.72. The van der Waals surface area contributed by atoms with Crippen LogP contribution in [-0.2, 0) is 0 Å². The molecule has 0 spiro atoms. The number of rotatable bonds is 11. The van der Waals surface area contributed by atoms with Crippen molar-refractivity contribution in [3.8, 4) is 22.9 Å². The highest BCUT2D eigenvalue weighted by Crippen LogP contribution is 2.28. The minimum absolute atomic E-state index is 0.0162. The second kappa shape index (κ2) is 11.4. The lowest BCUT2D eigenvalue weighted by molar-refractivity contribution is 0.305. The van der Waals surface area contributed by atoms with Crippen molar-refractivity contribution in [1.82, 2.24) is 0 Å². The van der Waals surface area contributed by atoms with Crippen LogP contribution in [0.25, 0.3) is 11.1 Å². The van der Waals surface area contributed by atoms with Gasteiger partial charge in [-0.25, -0.2) is 0 Å². The Kier molecular flexibility index (Phi) is 8.92. The van der Waals surface area contributed by atoms with Crippen molar-refractivity contribution < 1.29 is 4.74 Å². The third kappa shape index (κ3) is 6.75. The maximum absolute atomic E-state index is 9.50. The Morgan fingerprint density at radius 3 is 2.07 bits per heavy atom. The molecule has 2 aromatic carbocycles. The van der Waals surface area contributed by atoms with Crippen LogP contribution in [0.3, 0.4) is 0 Å². The highest BCUT2D eigenvalue weighted by Gasteiger charge is 2.14. The number of nitriles is 1. The third-order valence-electron chi connectivity index (χ3n) is 5.26. The largest absolute Gasteiger partial charge is 0.494 e. The van der Waals surface area contributed by atoms with Crippen molar-refractivity contribution in [2.45, 2.75) is 65.2 Å². The molecule has 0 bridgehead atoms. The van der Waals surface area contributed by atoms with E-state index < -0.39 is 0 Å². The zero-order chi connectivity index (χ0) is 19.5. The van der Waals surface area contributed by atoms with E-state index in [4.69, 9.17) is 4.74 Å². The molecule has 0 aliphatic heterocycles. The molecule has 2 atom stereocenters. The summed E-state index contributed by atoms with van der Waals surface area (Å²) in [5.74, 6) is 1.49. The van der Waals surface area contributed by atoms with E-state index in [1.165, 1.54) is 30.4 Å². The van der Waals surface area contributed by atoms with Gasteiger partial charge in [-0.3, -0.25) is 0 Å². The van der Waals surface area contributed by atoms with Gasteiger partial charge in [0.25, 0.3) is 0 Å². The lowest BCUT2D eigenvalue weighted by Crippen LogP contribution is -2.02. The van der Waals surface area contributed by atoms with Gasteiger partial charge in [0.2, 0.25) is 0 Å². The smallest absolute Gasteiger partial charge is 0.119 e. The van der Waals surface area contributed by atoms with E-state index in [1.807, 2.05) is 12.1 Å². The van der Waals surface area contributed by atoms with Crippen LogP contribution in [0.15, 0.2) is 48.5 Å². The predicted molar refractivity (Wildman–Crippen MR) is 114 cm³/mol. The van der Waals surface area contributed by atoms with Gasteiger partial charge < -0.3 is 4.74 Å². The summed E-state index contributed by atoms with van der Waals surface area (Å²) >= 11 is 0. The maximum Gasteiger partial charge on any atom is 0.119 e. The zero-order valence-corrected chi connectivity index (χ0v) is 17.1.